The molecule has 1 amide bonds. The first-order chi connectivity index (χ1) is 12.7. The van der Waals surface area contributed by atoms with Gasteiger partial charge in [-0.2, -0.15) is 0 Å². The molecule has 2 aromatic carbocycles. The highest BCUT2D eigenvalue weighted by atomic mass is 35.5. The zero-order valence-electron chi connectivity index (χ0n) is 14.2. The summed E-state index contributed by atoms with van der Waals surface area (Å²) in [6.07, 6.45) is -1.26. The molecule has 0 spiro atoms. The van der Waals surface area contributed by atoms with E-state index in [0.717, 1.165) is 24.3 Å². The maximum absolute atomic E-state index is 13.0. The van der Waals surface area contributed by atoms with E-state index in [9.17, 15) is 24.1 Å². The minimum atomic E-state index is -1.26. The highest BCUT2D eigenvalue weighted by molar-refractivity contribution is 6.33. The van der Waals surface area contributed by atoms with Crippen molar-refractivity contribution in [2.45, 2.75) is 13.0 Å². The largest absolute Gasteiger partial charge is 0.495 e. The number of amides is 1. The second kappa shape index (κ2) is 8.45. The number of non-ortho nitro benzene ring substituents is 1. The smallest absolute Gasteiger partial charge is 0.340 e. The molecule has 0 saturated heterocycles. The average molecular weight is 397 g/mol. The van der Waals surface area contributed by atoms with Crippen molar-refractivity contribution in [1.29, 1.82) is 0 Å². The van der Waals surface area contributed by atoms with Gasteiger partial charge in [0.05, 0.1) is 28.3 Å². The topological polar surface area (TPSA) is 108 Å². The summed E-state index contributed by atoms with van der Waals surface area (Å²) in [5.74, 6) is -2.11. The van der Waals surface area contributed by atoms with E-state index in [1.165, 1.54) is 26.2 Å². The van der Waals surface area contributed by atoms with Crippen LogP contribution < -0.4 is 10.1 Å². The number of nitrogens with zero attached hydrogens (tertiary/aromatic N) is 1. The molecule has 8 nitrogen and oxygen atoms in total. The van der Waals surface area contributed by atoms with Crippen LogP contribution in [0.1, 0.15) is 17.3 Å². The number of hydrogen-bond acceptors (Lipinski definition) is 6. The Bertz CT molecular complexity index is 905. The Labute approximate surface area is 158 Å². The predicted molar refractivity (Wildman–Crippen MR) is 94.6 cm³/mol. The highest BCUT2D eigenvalue weighted by Gasteiger charge is 2.22. The van der Waals surface area contributed by atoms with Crippen LogP contribution in [0.5, 0.6) is 5.75 Å². The quantitative estimate of drug-likeness (QED) is 0.454. The lowest BCUT2D eigenvalue weighted by molar-refractivity contribution is -0.384. The van der Waals surface area contributed by atoms with Crippen molar-refractivity contribution >= 4 is 34.9 Å². The molecular formula is C17H14ClFN2O6. The summed E-state index contributed by atoms with van der Waals surface area (Å²) < 4.78 is 23.1. The monoisotopic (exact) mass is 396 g/mol. The van der Waals surface area contributed by atoms with Gasteiger partial charge in [-0.15, -0.1) is 0 Å². The number of nitro groups is 1. The molecule has 0 aliphatic rings. The summed E-state index contributed by atoms with van der Waals surface area (Å²) >= 11 is 5.78. The van der Waals surface area contributed by atoms with Crippen LogP contribution >= 0.6 is 11.6 Å². The molecule has 2 aromatic rings. The van der Waals surface area contributed by atoms with Crippen LogP contribution in [0, 0.1) is 15.9 Å². The minimum Gasteiger partial charge on any atom is -0.495 e. The first-order valence-electron chi connectivity index (χ1n) is 7.52. The van der Waals surface area contributed by atoms with Gasteiger partial charge in [-0.25, -0.2) is 9.18 Å². The van der Waals surface area contributed by atoms with E-state index in [4.69, 9.17) is 21.1 Å². The number of hydrogen-bond donors (Lipinski definition) is 1. The van der Waals surface area contributed by atoms with E-state index in [0.29, 0.717) is 0 Å². The van der Waals surface area contributed by atoms with Gasteiger partial charge in [0.1, 0.15) is 11.6 Å². The molecule has 10 heteroatoms. The lowest BCUT2D eigenvalue weighted by Crippen LogP contribution is -2.30. The second-order valence-electron chi connectivity index (χ2n) is 5.30. The number of halogens is 2. The van der Waals surface area contributed by atoms with Crippen LogP contribution in [-0.2, 0) is 9.53 Å². The molecule has 142 valence electrons. The zero-order valence-corrected chi connectivity index (χ0v) is 15.0. The normalized spacial score (nSPS) is 11.4. The van der Waals surface area contributed by atoms with Gasteiger partial charge >= 0.3 is 5.97 Å². The first kappa shape index (κ1) is 20.1. The Morgan fingerprint density at radius 2 is 1.96 bits per heavy atom. The summed E-state index contributed by atoms with van der Waals surface area (Å²) in [5, 5.41) is 13.1. The molecule has 0 heterocycles. The van der Waals surface area contributed by atoms with E-state index < -0.39 is 28.7 Å². The molecule has 27 heavy (non-hydrogen) atoms. The number of nitrogens with one attached hydrogen (secondary N) is 1. The Morgan fingerprint density at radius 3 is 2.56 bits per heavy atom. The van der Waals surface area contributed by atoms with Crippen molar-refractivity contribution in [3.8, 4) is 5.75 Å². The first-order valence-corrected chi connectivity index (χ1v) is 7.90. The summed E-state index contributed by atoms with van der Waals surface area (Å²) in [7, 11) is 1.33. The molecule has 0 bridgehead atoms. The Morgan fingerprint density at radius 1 is 1.26 bits per heavy atom. The van der Waals surface area contributed by atoms with Gasteiger partial charge in [0.25, 0.3) is 11.6 Å². The maximum atomic E-state index is 13.0. The predicted octanol–water partition coefficient (Wildman–Crippen LogP) is 3.58. The van der Waals surface area contributed by atoms with Gasteiger partial charge in [-0.1, -0.05) is 11.6 Å². The van der Waals surface area contributed by atoms with Crippen LogP contribution in [0.3, 0.4) is 0 Å². The highest BCUT2D eigenvalue weighted by Crippen LogP contribution is 2.29. The fourth-order valence-electron chi connectivity index (χ4n) is 2.07. The fraction of sp³-hybridized carbons (Fsp3) is 0.176. The fourth-order valence-corrected chi connectivity index (χ4v) is 2.32. The number of anilines is 1. The molecule has 0 aliphatic carbocycles. The number of ether oxygens (including phenoxy) is 2. The second-order valence-corrected chi connectivity index (χ2v) is 5.71. The van der Waals surface area contributed by atoms with Crippen LogP contribution in [-0.4, -0.2) is 30.0 Å². The molecule has 1 N–H and O–H groups in total. The number of esters is 1. The molecule has 0 unspecified atom stereocenters. The van der Waals surface area contributed by atoms with Gasteiger partial charge in [-0.3, -0.25) is 14.9 Å². The number of nitro benzene ring substituents is 1. The van der Waals surface area contributed by atoms with Crippen LogP contribution in [0.25, 0.3) is 0 Å². The van der Waals surface area contributed by atoms with Crippen LogP contribution in [0.2, 0.25) is 5.02 Å². The van der Waals surface area contributed by atoms with E-state index in [1.54, 1.807) is 0 Å². The number of benzene rings is 2. The summed E-state index contributed by atoms with van der Waals surface area (Å²) in [6, 6.07) is 6.76. The van der Waals surface area contributed by atoms with E-state index >= 15 is 0 Å². The van der Waals surface area contributed by atoms with Crippen molar-refractivity contribution in [2.75, 3.05) is 12.4 Å². The molecule has 0 aliphatic heterocycles. The lowest BCUT2D eigenvalue weighted by atomic mass is 10.2. The number of carbonyl (C=O) groups is 2. The third kappa shape index (κ3) is 4.91. The van der Waals surface area contributed by atoms with E-state index in [1.807, 2.05) is 0 Å². The molecule has 0 aromatic heterocycles. The van der Waals surface area contributed by atoms with E-state index in [2.05, 4.69) is 5.32 Å². The van der Waals surface area contributed by atoms with Crippen LogP contribution in [0.4, 0.5) is 15.8 Å². The molecular weight excluding hydrogens is 383 g/mol. The maximum Gasteiger partial charge on any atom is 0.340 e. The van der Waals surface area contributed by atoms with Crippen LogP contribution in [0.15, 0.2) is 36.4 Å². The van der Waals surface area contributed by atoms with Crippen molar-refractivity contribution in [2.24, 2.45) is 0 Å². The third-order valence-electron chi connectivity index (χ3n) is 3.46. The Kier molecular flexibility index (Phi) is 6.30. The van der Waals surface area contributed by atoms with Gasteiger partial charge in [0, 0.05) is 12.1 Å². The Hall–Kier alpha value is -3.20. The molecule has 2 rings (SSSR count). The summed E-state index contributed by atoms with van der Waals surface area (Å²) in [5.41, 5.74) is -0.320. The molecule has 1 atom stereocenters. The summed E-state index contributed by atoms with van der Waals surface area (Å²) in [4.78, 5) is 34.6. The van der Waals surface area contributed by atoms with Crippen molar-refractivity contribution in [3.05, 3.63) is 62.9 Å². The van der Waals surface area contributed by atoms with E-state index in [-0.39, 0.29) is 27.7 Å². The van der Waals surface area contributed by atoms with Crippen molar-refractivity contribution < 1.29 is 28.4 Å². The average Bonchev–Trinajstić information content (AvgIpc) is 2.61. The molecule has 0 radical (unpaired) electrons. The van der Waals surface area contributed by atoms with Crippen molar-refractivity contribution in [1.82, 2.24) is 0 Å². The van der Waals surface area contributed by atoms with Gasteiger partial charge in [-0.05, 0) is 31.2 Å². The van der Waals surface area contributed by atoms with Gasteiger partial charge in [0.2, 0.25) is 0 Å². The SMILES string of the molecule is COc1ccc([N+](=O)[O-])cc1NC(=O)[C@@H](C)OC(=O)c1ccc(F)cc1Cl. The third-order valence-corrected chi connectivity index (χ3v) is 3.77. The lowest BCUT2D eigenvalue weighted by Gasteiger charge is -2.15. The minimum absolute atomic E-state index is 0.0411. The van der Waals surface area contributed by atoms with Gasteiger partial charge < -0.3 is 14.8 Å². The Balaban J connectivity index is 2.12. The standard InChI is InChI=1S/C17H14ClFN2O6/c1-9(27-17(23)12-5-3-10(19)7-13(12)18)16(22)20-14-8-11(21(24)25)4-6-15(14)26-2/h3-9H,1-2H3,(H,20,22)/t9-/m1/s1. The van der Waals surface area contributed by atoms with Crippen molar-refractivity contribution in [3.63, 3.8) is 0 Å². The zero-order chi connectivity index (χ0) is 20.1. The summed E-state index contributed by atoms with van der Waals surface area (Å²) in [6.45, 7) is 1.30. The number of rotatable bonds is 6. The number of methoxy groups -OCH3 is 1. The van der Waals surface area contributed by atoms with Gasteiger partial charge in [0.15, 0.2) is 6.10 Å². The molecule has 0 fully saturated rings. The number of carbonyl (C=O) groups excluding carboxylic acids is 2. The molecule has 0 saturated carbocycles.